The zero-order valence-electron chi connectivity index (χ0n) is 12.2. The van der Waals surface area contributed by atoms with Crippen molar-refractivity contribution in [2.75, 3.05) is 0 Å². The first kappa shape index (κ1) is 17.1. The molecule has 0 spiro atoms. The van der Waals surface area contributed by atoms with Crippen molar-refractivity contribution in [1.29, 1.82) is 0 Å². The molecular formula is C18H19Br2Cl. The van der Waals surface area contributed by atoms with Gasteiger partial charge in [0.25, 0.3) is 0 Å². The molecule has 2 rings (SSSR count). The van der Waals surface area contributed by atoms with E-state index in [1.54, 1.807) is 0 Å². The van der Waals surface area contributed by atoms with E-state index in [-0.39, 0.29) is 5.38 Å². The Labute approximate surface area is 149 Å². The molecule has 112 valence electrons. The van der Waals surface area contributed by atoms with Crippen LogP contribution in [0, 0.1) is 5.92 Å². The fourth-order valence-electron chi connectivity index (χ4n) is 2.63. The molecule has 0 aromatic heterocycles. The third kappa shape index (κ3) is 4.12. The van der Waals surface area contributed by atoms with Gasteiger partial charge in [0.1, 0.15) is 0 Å². The van der Waals surface area contributed by atoms with Gasteiger partial charge in [-0.05, 0) is 35.2 Å². The van der Waals surface area contributed by atoms with Crippen molar-refractivity contribution < 1.29 is 0 Å². The molecule has 3 heteroatoms. The van der Waals surface area contributed by atoms with Crippen LogP contribution >= 0.6 is 43.5 Å². The predicted octanol–water partition coefficient (Wildman–Crippen LogP) is 7.32. The largest absolute Gasteiger partial charge is 0.117 e. The minimum absolute atomic E-state index is 0.0609. The Kier molecular flexibility index (Phi) is 6.34. The maximum atomic E-state index is 6.91. The minimum atomic E-state index is -0.0609. The lowest BCUT2D eigenvalue weighted by Crippen LogP contribution is -2.15. The lowest BCUT2D eigenvalue weighted by Gasteiger charge is -2.29. The van der Waals surface area contributed by atoms with Gasteiger partial charge in [-0.15, -0.1) is 11.6 Å². The lowest BCUT2D eigenvalue weighted by atomic mass is 9.81. The van der Waals surface area contributed by atoms with E-state index in [1.165, 1.54) is 5.56 Å². The van der Waals surface area contributed by atoms with Gasteiger partial charge >= 0.3 is 0 Å². The average molecular weight is 431 g/mol. The molecule has 3 unspecified atom stereocenters. The number of hydrogen-bond acceptors (Lipinski definition) is 0. The van der Waals surface area contributed by atoms with Crippen molar-refractivity contribution in [3.05, 3.63) is 68.6 Å². The van der Waals surface area contributed by atoms with Crippen LogP contribution in [-0.2, 0) is 0 Å². The van der Waals surface area contributed by atoms with Crippen LogP contribution in [0.25, 0.3) is 0 Å². The third-order valence-corrected chi connectivity index (χ3v) is 5.73. The van der Waals surface area contributed by atoms with Gasteiger partial charge in [0.05, 0.1) is 5.38 Å². The summed E-state index contributed by atoms with van der Waals surface area (Å²) in [5.74, 6) is 0.809. The number of hydrogen-bond donors (Lipinski definition) is 0. The van der Waals surface area contributed by atoms with E-state index in [2.05, 4.69) is 82.1 Å². The molecule has 21 heavy (non-hydrogen) atoms. The van der Waals surface area contributed by atoms with Crippen LogP contribution in [-0.4, -0.2) is 0 Å². The van der Waals surface area contributed by atoms with Crippen LogP contribution in [0.1, 0.15) is 42.7 Å². The van der Waals surface area contributed by atoms with E-state index >= 15 is 0 Å². The molecule has 0 radical (unpaired) electrons. The molecule has 0 fully saturated rings. The molecule has 3 atom stereocenters. The second kappa shape index (κ2) is 7.80. The molecule has 0 heterocycles. The first-order valence-electron chi connectivity index (χ1n) is 7.18. The molecule has 0 bridgehead atoms. The van der Waals surface area contributed by atoms with Gasteiger partial charge in [0, 0.05) is 14.9 Å². The van der Waals surface area contributed by atoms with Crippen LogP contribution in [0.4, 0.5) is 0 Å². The van der Waals surface area contributed by atoms with Crippen LogP contribution in [0.5, 0.6) is 0 Å². The first-order valence-corrected chi connectivity index (χ1v) is 9.20. The summed E-state index contributed by atoms with van der Waals surface area (Å²) in [5, 5.41) is -0.0609. The Morgan fingerprint density at radius 3 is 2.33 bits per heavy atom. The van der Waals surface area contributed by atoms with Crippen LogP contribution in [0.2, 0.25) is 0 Å². The molecule has 0 aliphatic rings. The summed E-state index contributed by atoms with van der Waals surface area (Å²) in [7, 11) is 0. The fourth-order valence-corrected chi connectivity index (χ4v) is 4.21. The van der Waals surface area contributed by atoms with E-state index in [0.717, 1.165) is 20.9 Å². The van der Waals surface area contributed by atoms with Crippen molar-refractivity contribution in [3.63, 3.8) is 0 Å². The highest BCUT2D eigenvalue weighted by atomic mass is 79.9. The number of halogens is 3. The summed E-state index contributed by atoms with van der Waals surface area (Å²) in [6.45, 7) is 4.50. The van der Waals surface area contributed by atoms with Crippen LogP contribution in [0.15, 0.2) is 57.5 Å². The Balaban J connectivity index is 2.43. The highest BCUT2D eigenvalue weighted by Gasteiger charge is 2.28. The molecule has 0 N–H and O–H groups in total. The zero-order chi connectivity index (χ0) is 15.4. The molecule has 2 aromatic carbocycles. The van der Waals surface area contributed by atoms with E-state index in [9.17, 15) is 0 Å². The van der Waals surface area contributed by atoms with Crippen molar-refractivity contribution >= 4 is 43.5 Å². The minimum Gasteiger partial charge on any atom is -0.117 e. The van der Waals surface area contributed by atoms with E-state index in [4.69, 9.17) is 11.6 Å². The zero-order valence-corrected chi connectivity index (χ0v) is 16.1. The van der Waals surface area contributed by atoms with Crippen molar-refractivity contribution in [1.82, 2.24) is 0 Å². The first-order chi connectivity index (χ1) is 10.0. The summed E-state index contributed by atoms with van der Waals surface area (Å²) in [6.07, 6.45) is 1.11. The molecule has 0 aliphatic heterocycles. The number of rotatable bonds is 5. The Bertz CT molecular complexity index is 583. The van der Waals surface area contributed by atoms with Gasteiger partial charge in [-0.25, -0.2) is 0 Å². The highest BCUT2D eigenvalue weighted by Crippen LogP contribution is 2.45. The van der Waals surface area contributed by atoms with E-state index in [1.807, 2.05) is 12.1 Å². The second-order valence-corrected chi connectivity index (χ2v) is 7.63. The third-order valence-electron chi connectivity index (χ3n) is 4.01. The highest BCUT2D eigenvalue weighted by molar-refractivity contribution is 9.11. The van der Waals surface area contributed by atoms with E-state index in [0.29, 0.717) is 11.8 Å². The van der Waals surface area contributed by atoms with Crippen LogP contribution < -0.4 is 0 Å². The molecular weight excluding hydrogens is 411 g/mol. The van der Waals surface area contributed by atoms with Gasteiger partial charge in [0.15, 0.2) is 0 Å². The second-order valence-electron chi connectivity index (χ2n) is 5.39. The van der Waals surface area contributed by atoms with Gasteiger partial charge in [-0.2, -0.15) is 0 Å². The quantitative estimate of drug-likeness (QED) is 0.436. The Hall–Kier alpha value is -0.310. The summed E-state index contributed by atoms with van der Waals surface area (Å²) in [5.41, 5.74) is 2.44. The van der Waals surface area contributed by atoms with Gasteiger partial charge in [-0.3, -0.25) is 0 Å². The standard InChI is InChI=1S/C18H19Br2Cl/c1-3-12(2)17(13-7-5-4-6-8-13)18(21)15-11-14(19)9-10-16(15)20/h4-12,17-18H,3H2,1-2H3. The van der Waals surface area contributed by atoms with Crippen LogP contribution in [0.3, 0.4) is 0 Å². The summed E-state index contributed by atoms with van der Waals surface area (Å²) in [4.78, 5) is 0. The Morgan fingerprint density at radius 2 is 1.71 bits per heavy atom. The smallest absolute Gasteiger partial charge is 0.0667 e. The van der Waals surface area contributed by atoms with E-state index < -0.39 is 0 Å². The van der Waals surface area contributed by atoms with Crippen molar-refractivity contribution in [3.8, 4) is 0 Å². The molecule has 2 aromatic rings. The maximum Gasteiger partial charge on any atom is 0.0667 e. The number of benzene rings is 2. The maximum absolute atomic E-state index is 6.91. The fraction of sp³-hybridized carbons (Fsp3) is 0.333. The average Bonchev–Trinajstić information content (AvgIpc) is 2.50. The molecule has 0 amide bonds. The predicted molar refractivity (Wildman–Crippen MR) is 99.1 cm³/mol. The molecule has 0 aliphatic carbocycles. The molecule has 0 saturated carbocycles. The summed E-state index contributed by atoms with van der Waals surface area (Å²) in [6, 6.07) is 16.8. The molecule has 0 saturated heterocycles. The topological polar surface area (TPSA) is 0 Å². The monoisotopic (exact) mass is 428 g/mol. The summed E-state index contributed by atoms with van der Waals surface area (Å²) < 4.78 is 2.12. The lowest BCUT2D eigenvalue weighted by molar-refractivity contribution is 0.433. The van der Waals surface area contributed by atoms with Gasteiger partial charge in [0.2, 0.25) is 0 Å². The van der Waals surface area contributed by atoms with Gasteiger partial charge < -0.3 is 0 Å². The SMILES string of the molecule is CCC(C)C(c1ccccc1)C(Cl)c1cc(Br)ccc1Br. The molecule has 0 nitrogen and oxygen atoms in total. The normalized spacial score (nSPS) is 15.5. The number of alkyl halides is 1. The van der Waals surface area contributed by atoms with Gasteiger partial charge in [-0.1, -0.05) is 82.5 Å². The Morgan fingerprint density at radius 1 is 1.05 bits per heavy atom. The van der Waals surface area contributed by atoms with Crippen molar-refractivity contribution in [2.45, 2.75) is 31.6 Å². The van der Waals surface area contributed by atoms with Crippen molar-refractivity contribution in [2.24, 2.45) is 5.92 Å². The summed E-state index contributed by atoms with van der Waals surface area (Å²) >= 11 is 14.1.